The Morgan fingerprint density at radius 3 is 2.38 bits per heavy atom. The van der Waals surface area contributed by atoms with Crippen LogP contribution in [0.1, 0.15) is 32.6 Å². The van der Waals surface area contributed by atoms with Crippen LogP contribution in [0.25, 0.3) is 0 Å². The molecule has 1 aliphatic rings. The van der Waals surface area contributed by atoms with Crippen LogP contribution in [0.4, 0.5) is 0 Å². The SMILES string of the molecule is CC1CCC(C(C#N)C(=O)O)CC1. The van der Waals surface area contributed by atoms with Gasteiger partial charge in [0.2, 0.25) is 0 Å². The van der Waals surface area contributed by atoms with Gasteiger partial charge in [0.15, 0.2) is 0 Å². The third kappa shape index (κ3) is 2.45. The molecular weight excluding hydrogens is 166 g/mol. The van der Waals surface area contributed by atoms with Crippen LogP contribution in [-0.2, 0) is 4.79 Å². The molecule has 0 heterocycles. The van der Waals surface area contributed by atoms with Crippen LogP contribution in [0.2, 0.25) is 0 Å². The summed E-state index contributed by atoms with van der Waals surface area (Å²) in [7, 11) is 0. The van der Waals surface area contributed by atoms with Gasteiger partial charge in [0.05, 0.1) is 6.07 Å². The van der Waals surface area contributed by atoms with Crippen molar-refractivity contribution in [2.75, 3.05) is 0 Å². The van der Waals surface area contributed by atoms with Crippen LogP contribution in [0.15, 0.2) is 0 Å². The highest BCUT2D eigenvalue weighted by molar-refractivity contribution is 5.73. The van der Waals surface area contributed by atoms with Gasteiger partial charge in [-0.2, -0.15) is 5.26 Å². The first-order chi connectivity index (χ1) is 6.15. The minimum absolute atomic E-state index is 0.0821. The number of nitriles is 1. The Balaban J connectivity index is 2.52. The molecule has 1 N–H and O–H groups in total. The summed E-state index contributed by atoms with van der Waals surface area (Å²) in [4.78, 5) is 10.7. The molecule has 1 atom stereocenters. The minimum atomic E-state index is -0.956. The number of carboxylic acid groups (broad SMARTS) is 1. The first-order valence-electron chi connectivity index (χ1n) is 4.77. The number of aliphatic carboxylic acids is 1. The Hall–Kier alpha value is -1.04. The average Bonchev–Trinajstić information content (AvgIpc) is 2.09. The fourth-order valence-electron chi connectivity index (χ4n) is 1.98. The van der Waals surface area contributed by atoms with Crippen LogP contribution in [0, 0.1) is 29.1 Å². The van der Waals surface area contributed by atoms with E-state index in [9.17, 15) is 4.79 Å². The minimum Gasteiger partial charge on any atom is -0.480 e. The second kappa shape index (κ2) is 4.27. The van der Waals surface area contributed by atoms with Gasteiger partial charge in [-0.15, -0.1) is 0 Å². The van der Waals surface area contributed by atoms with Crippen molar-refractivity contribution >= 4 is 5.97 Å². The van der Waals surface area contributed by atoms with E-state index in [-0.39, 0.29) is 5.92 Å². The molecule has 72 valence electrons. The summed E-state index contributed by atoms with van der Waals surface area (Å²) >= 11 is 0. The van der Waals surface area contributed by atoms with Crippen LogP contribution in [0.5, 0.6) is 0 Å². The van der Waals surface area contributed by atoms with Crippen molar-refractivity contribution in [2.45, 2.75) is 32.6 Å². The number of carboxylic acids is 1. The molecule has 0 aliphatic heterocycles. The maximum Gasteiger partial charge on any atom is 0.321 e. The van der Waals surface area contributed by atoms with Gasteiger partial charge < -0.3 is 5.11 Å². The van der Waals surface area contributed by atoms with Crippen LogP contribution < -0.4 is 0 Å². The van der Waals surface area contributed by atoms with Crippen LogP contribution in [0.3, 0.4) is 0 Å². The van der Waals surface area contributed by atoms with E-state index in [0.29, 0.717) is 5.92 Å². The van der Waals surface area contributed by atoms with Crippen molar-refractivity contribution in [3.05, 3.63) is 0 Å². The number of rotatable bonds is 2. The lowest BCUT2D eigenvalue weighted by Crippen LogP contribution is -2.25. The second-order valence-electron chi connectivity index (χ2n) is 3.96. The number of carbonyl (C=O) groups is 1. The largest absolute Gasteiger partial charge is 0.480 e. The molecule has 0 saturated heterocycles. The molecule has 1 saturated carbocycles. The van der Waals surface area contributed by atoms with E-state index in [1.807, 2.05) is 6.07 Å². The Bertz CT molecular complexity index is 224. The molecule has 0 amide bonds. The zero-order chi connectivity index (χ0) is 9.84. The lowest BCUT2D eigenvalue weighted by atomic mass is 9.77. The first-order valence-corrected chi connectivity index (χ1v) is 4.77. The maximum absolute atomic E-state index is 10.7. The monoisotopic (exact) mass is 181 g/mol. The summed E-state index contributed by atoms with van der Waals surface area (Å²) in [5.74, 6) is -0.961. The standard InChI is InChI=1S/C10H15NO2/c1-7-2-4-8(5-3-7)9(6-11)10(12)13/h7-9H,2-5H2,1H3,(H,12,13). The molecule has 0 bridgehead atoms. The van der Waals surface area contributed by atoms with Gasteiger partial charge in [0, 0.05) is 0 Å². The predicted molar refractivity (Wildman–Crippen MR) is 47.9 cm³/mol. The summed E-state index contributed by atoms with van der Waals surface area (Å²) in [5.41, 5.74) is 0. The van der Waals surface area contributed by atoms with E-state index in [1.54, 1.807) is 0 Å². The highest BCUT2D eigenvalue weighted by Gasteiger charge is 2.30. The number of nitrogens with zero attached hydrogens (tertiary/aromatic N) is 1. The fraction of sp³-hybridized carbons (Fsp3) is 0.800. The van der Waals surface area contributed by atoms with Gasteiger partial charge in [-0.3, -0.25) is 4.79 Å². The molecule has 1 aliphatic carbocycles. The lowest BCUT2D eigenvalue weighted by molar-refractivity contribution is -0.141. The molecule has 3 heteroatoms. The molecule has 1 fully saturated rings. The van der Waals surface area contributed by atoms with Gasteiger partial charge in [-0.25, -0.2) is 0 Å². The van der Waals surface area contributed by atoms with Crippen molar-refractivity contribution in [3.8, 4) is 6.07 Å². The quantitative estimate of drug-likeness (QED) is 0.709. The van der Waals surface area contributed by atoms with E-state index in [2.05, 4.69) is 6.92 Å². The first kappa shape index (κ1) is 10.0. The van der Waals surface area contributed by atoms with Crippen molar-refractivity contribution in [1.29, 1.82) is 5.26 Å². The average molecular weight is 181 g/mol. The number of hydrogen-bond donors (Lipinski definition) is 1. The van der Waals surface area contributed by atoms with Crippen molar-refractivity contribution in [1.82, 2.24) is 0 Å². The molecule has 0 radical (unpaired) electrons. The molecule has 13 heavy (non-hydrogen) atoms. The highest BCUT2D eigenvalue weighted by atomic mass is 16.4. The Morgan fingerprint density at radius 2 is 2.00 bits per heavy atom. The summed E-state index contributed by atoms with van der Waals surface area (Å²) in [5, 5.41) is 17.5. The Morgan fingerprint density at radius 1 is 1.46 bits per heavy atom. The number of hydrogen-bond acceptors (Lipinski definition) is 2. The van der Waals surface area contributed by atoms with Crippen molar-refractivity contribution < 1.29 is 9.90 Å². The molecule has 0 aromatic rings. The predicted octanol–water partition coefficient (Wildman–Crippen LogP) is 2.04. The molecule has 3 nitrogen and oxygen atoms in total. The van der Waals surface area contributed by atoms with Gasteiger partial charge in [0.25, 0.3) is 0 Å². The Labute approximate surface area is 78.4 Å². The second-order valence-corrected chi connectivity index (χ2v) is 3.96. The Kier molecular flexibility index (Phi) is 3.30. The van der Waals surface area contributed by atoms with E-state index in [4.69, 9.17) is 10.4 Å². The van der Waals surface area contributed by atoms with Crippen LogP contribution >= 0.6 is 0 Å². The summed E-state index contributed by atoms with van der Waals surface area (Å²) in [6, 6.07) is 1.89. The normalized spacial score (nSPS) is 30.5. The fourth-order valence-corrected chi connectivity index (χ4v) is 1.98. The smallest absolute Gasteiger partial charge is 0.321 e. The van der Waals surface area contributed by atoms with E-state index in [1.165, 1.54) is 0 Å². The molecule has 0 spiro atoms. The van der Waals surface area contributed by atoms with Gasteiger partial charge in [0.1, 0.15) is 5.92 Å². The molecule has 0 aromatic carbocycles. The lowest BCUT2D eigenvalue weighted by Gasteiger charge is -2.27. The zero-order valence-corrected chi connectivity index (χ0v) is 7.86. The highest BCUT2D eigenvalue weighted by Crippen LogP contribution is 2.32. The van der Waals surface area contributed by atoms with Crippen molar-refractivity contribution in [3.63, 3.8) is 0 Å². The van der Waals surface area contributed by atoms with Gasteiger partial charge in [-0.05, 0) is 24.7 Å². The van der Waals surface area contributed by atoms with E-state index >= 15 is 0 Å². The molecule has 0 aromatic heterocycles. The third-order valence-corrected chi connectivity index (χ3v) is 2.94. The maximum atomic E-state index is 10.7. The van der Waals surface area contributed by atoms with Crippen molar-refractivity contribution in [2.24, 2.45) is 17.8 Å². The van der Waals surface area contributed by atoms with E-state index in [0.717, 1.165) is 25.7 Å². The van der Waals surface area contributed by atoms with Crippen LogP contribution in [-0.4, -0.2) is 11.1 Å². The third-order valence-electron chi connectivity index (χ3n) is 2.94. The van der Waals surface area contributed by atoms with Gasteiger partial charge >= 0.3 is 5.97 Å². The molecule has 1 rings (SSSR count). The van der Waals surface area contributed by atoms with Gasteiger partial charge in [-0.1, -0.05) is 19.8 Å². The topological polar surface area (TPSA) is 61.1 Å². The van der Waals surface area contributed by atoms with E-state index < -0.39 is 11.9 Å². The summed E-state index contributed by atoms with van der Waals surface area (Å²) < 4.78 is 0. The molecular formula is C10H15NO2. The zero-order valence-electron chi connectivity index (χ0n) is 7.86. The molecule has 1 unspecified atom stereocenters. The summed E-state index contributed by atoms with van der Waals surface area (Å²) in [6.07, 6.45) is 3.92. The summed E-state index contributed by atoms with van der Waals surface area (Å²) in [6.45, 7) is 2.18.